The summed E-state index contributed by atoms with van der Waals surface area (Å²) in [6.45, 7) is 8.87. The Morgan fingerprint density at radius 1 is 1.25 bits per heavy atom. The molecule has 1 rings (SSSR count). The highest BCUT2D eigenvalue weighted by atomic mass is 16.2. The fourth-order valence-corrected chi connectivity index (χ4v) is 2.00. The minimum Gasteiger partial charge on any atom is -0.335 e. The second kappa shape index (κ2) is 5.04. The van der Waals surface area contributed by atoms with Gasteiger partial charge in [-0.1, -0.05) is 0 Å². The molecule has 1 saturated heterocycles. The topological polar surface area (TPSA) is 35.6 Å². The predicted octanol–water partition coefficient (Wildman–Crippen LogP) is 1.52. The molecule has 0 unspecified atom stereocenters. The molecule has 0 radical (unpaired) electrons. The molecule has 16 heavy (non-hydrogen) atoms. The number of rotatable bonds is 1. The van der Waals surface area contributed by atoms with Crippen molar-refractivity contribution in [2.75, 3.05) is 27.2 Å². The number of hydrogen-bond acceptors (Lipinski definition) is 2. The van der Waals surface area contributed by atoms with E-state index in [4.69, 9.17) is 0 Å². The molecular weight excluding hydrogens is 202 g/mol. The lowest BCUT2D eigenvalue weighted by Crippen LogP contribution is -2.52. The maximum absolute atomic E-state index is 11.5. The summed E-state index contributed by atoms with van der Waals surface area (Å²) >= 11 is 0. The second-order valence-corrected chi connectivity index (χ2v) is 5.78. The van der Waals surface area contributed by atoms with E-state index in [1.54, 1.807) is 19.0 Å². The van der Waals surface area contributed by atoms with Gasteiger partial charge in [-0.05, 0) is 33.6 Å². The Bertz CT molecular complexity index is 237. The number of amides is 2. The lowest BCUT2D eigenvalue weighted by Gasteiger charge is -2.41. The van der Waals surface area contributed by atoms with Crippen LogP contribution in [0.4, 0.5) is 4.79 Å². The molecule has 0 saturated carbocycles. The van der Waals surface area contributed by atoms with Crippen LogP contribution in [-0.2, 0) is 0 Å². The molecule has 1 N–H and O–H groups in total. The molecule has 0 aromatic heterocycles. The monoisotopic (exact) mass is 227 g/mol. The molecule has 0 aromatic rings. The van der Waals surface area contributed by atoms with Gasteiger partial charge in [-0.25, -0.2) is 4.79 Å². The molecule has 0 atom stereocenters. The number of hydrogen-bond donors (Lipinski definition) is 1. The van der Waals surface area contributed by atoms with E-state index in [0.29, 0.717) is 6.04 Å². The molecule has 4 heteroatoms. The first-order chi connectivity index (χ1) is 7.30. The van der Waals surface area contributed by atoms with Crippen LogP contribution in [0.1, 0.15) is 33.6 Å². The van der Waals surface area contributed by atoms with Crippen LogP contribution >= 0.6 is 0 Å². The average Bonchev–Trinajstić information content (AvgIpc) is 2.17. The van der Waals surface area contributed by atoms with Gasteiger partial charge in [-0.2, -0.15) is 0 Å². The fraction of sp³-hybridized carbons (Fsp3) is 0.917. The second-order valence-electron chi connectivity index (χ2n) is 5.78. The summed E-state index contributed by atoms with van der Waals surface area (Å²) in [4.78, 5) is 15.6. The summed E-state index contributed by atoms with van der Waals surface area (Å²) < 4.78 is 0. The average molecular weight is 227 g/mol. The SMILES string of the molecule is CN(C)C(=O)NC1CCN(C(C)(C)C)CC1. The number of urea groups is 1. The van der Waals surface area contributed by atoms with Crippen LogP contribution in [0.25, 0.3) is 0 Å². The minimum atomic E-state index is 0.0224. The van der Waals surface area contributed by atoms with Crippen molar-refractivity contribution in [1.29, 1.82) is 0 Å². The molecule has 2 amide bonds. The van der Waals surface area contributed by atoms with E-state index in [0.717, 1.165) is 25.9 Å². The van der Waals surface area contributed by atoms with Gasteiger partial charge >= 0.3 is 6.03 Å². The van der Waals surface area contributed by atoms with Gasteiger partial charge in [0.05, 0.1) is 0 Å². The molecule has 4 nitrogen and oxygen atoms in total. The lowest BCUT2D eigenvalue weighted by atomic mass is 9.98. The van der Waals surface area contributed by atoms with Crippen LogP contribution in [0.3, 0.4) is 0 Å². The van der Waals surface area contributed by atoms with Gasteiger partial charge in [0.2, 0.25) is 0 Å². The third-order valence-electron chi connectivity index (χ3n) is 3.18. The number of piperidine rings is 1. The van der Waals surface area contributed by atoms with E-state index < -0.39 is 0 Å². The van der Waals surface area contributed by atoms with Gasteiger partial charge < -0.3 is 10.2 Å². The largest absolute Gasteiger partial charge is 0.335 e. The van der Waals surface area contributed by atoms with Gasteiger partial charge in [-0.3, -0.25) is 4.90 Å². The summed E-state index contributed by atoms with van der Waals surface area (Å²) in [6, 6.07) is 0.364. The first-order valence-corrected chi connectivity index (χ1v) is 6.03. The summed E-state index contributed by atoms with van der Waals surface area (Å²) in [6.07, 6.45) is 2.10. The smallest absolute Gasteiger partial charge is 0.317 e. The van der Waals surface area contributed by atoms with E-state index in [1.807, 2.05) is 0 Å². The van der Waals surface area contributed by atoms with Crippen LogP contribution < -0.4 is 5.32 Å². The van der Waals surface area contributed by atoms with E-state index in [2.05, 4.69) is 31.0 Å². The third-order valence-corrected chi connectivity index (χ3v) is 3.18. The van der Waals surface area contributed by atoms with Gasteiger partial charge in [0.25, 0.3) is 0 Å². The highest BCUT2D eigenvalue weighted by Crippen LogP contribution is 2.19. The summed E-state index contributed by atoms with van der Waals surface area (Å²) in [5.41, 5.74) is 0.247. The van der Waals surface area contributed by atoms with Crippen LogP contribution in [0, 0.1) is 0 Å². The Morgan fingerprint density at radius 3 is 2.12 bits per heavy atom. The molecule has 1 aliphatic rings. The van der Waals surface area contributed by atoms with E-state index in [-0.39, 0.29) is 11.6 Å². The third kappa shape index (κ3) is 3.67. The van der Waals surface area contributed by atoms with Gasteiger partial charge in [0.1, 0.15) is 0 Å². The molecule has 94 valence electrons. The fourth-order valence-electron chi connectivity index (χ4n) is 2.00. The number of carbonyl (C=O) groups excluding carboxylic acids is 1. The van der Waals surface area contributed by atoms with Crippen LogP contribution in [0.5, 0.6) is 0 Å². The normalized spacial score (nSPS) is 19.6. The van der Waals surface area contributed by atoms with E-state index in [1.165, 1.54) is 0 Å². The molecule has 1 fully saturated rings. The Hall–Kier alpha value is -0.770. The van der Waals surface area contributed by atoms with E-state index >= 15 is 0 Å². The van der Waals surface area contributed by atoms with Crippen molar-refractivity contribution < 1.29 is 4.79 Å². The lowest BCUT2D eigenvalue weighted by molar-refractivity contribution is 0.0967. The Balaban J connectivity index is 2.35. The maximum Gasteiger partial charge on any atom is 0.317 e. The van der Waals surface area contributed by atoms with Gasteiger partial charge in [0, 0.05) is 38.8 Å². The van der Waals surface area contributed by atoms with Crippen molar-refractivity contribution in [3.05, 3.63) is 0 Å². The number of carbonyl (C=O) groups is 1. The highest BCUT2D eigenvalue weighted by Gasteiger charge is 2.27. The van der Waals surface area contributed by atoms with Gasteiger partial charge in [0.15, 0.2) is 0 Å². The van der Waals surface area contributed by atoms with Gasteiger partial charge in [-0.15, -0.1) is 0 Å². The first kappa shape index (κ1) is 13.3. The number of nitrogens with zero attached hydrogens (tertiary/aromatic N) is 2. The highest BCUT2D eigenvalue weighted by molar-refractivity contribution is 5.73. The summed E-state index contributed by atoms with van der Waals surface area (Å²) in [5.74, 6) is 0. The van der Waals surface area contributed by atoms with Crippen LogP contribution in [0.15, 0.2) is 0 Å². The summed E-state index contributed by atoms with van der Waals surface area (Å²) in [5, 5.41) is 3.05. The quantitative estimate of drug-likeness (QED) is 0.737. The van der Waals surface area contributed by atoms with E-state index in [9.17, 15) is 4.79 Å². The molecule has 0 bridgehead atoms. The first-order valence-electron chi connectivity index (χ1n) is 6.03. The molecule has 1 aliphatic heterocycles. The van der Waals surface area contributed by atoms with Crippen molar-refractivity contribution in [3.8, 4) is 0 Å². The Labute approximate surface area is 99.0 Å². The zero-order valence-electron chi connectivity index (χ0n) is 11.2. The standard InChI is InChI=1S/C12H25N3O/c1-12(2,3)15-8-6-10(7-9-15)13-11(16)14(4)5/h10H,6-9H2,1-5H3,(H,13,16). The van der Waals surface area contributed by atoms with Crippen molar-refractivity contribution in [2.45, 2.75) is 45.2 Å². The maximum atomic E-state index is 11.5. The van der Waals surface area contributed by atoms with Crippen molar-refractivity contribution in [1.82, 2.24) is 15.1 Å². The van der Waals surface area contributed by atoms with Crippen molar-refractivity contribution in [3.63, 3.8) is 0 Å². The number of likely N-dealkylation sites (tertiary alicyclic amines) is 1. The Morgan fingerprint density at radius 2 is 1.75 bits per heavy atom. The molecule has 0 aliphatic carbocycles. The van der Waals surface area contributed by atoms with Crippen LogP contribution in [-0.4, -0.2) is 54.6 Å². The zero-order valence-corrected chi connectivity index (χ0v) is 11.2. The molecule has 1 heterocycles. The molecular formula is C12H25N3O. The predicted molar refractivity (Wildman–Crippen MR) is 66.6 cm³/mol. The van der Waals surface area contributed by atoms with Crippen molar-refractivity contribution >= 4 is 6.03 Å². The minimum absolute atomic E-state index is 0.0224. The Kier molecular flexibility index (Phi) is 4.19. The summed E-state index contributed by atoms with van der Waals surface area (Å²) in [7, 11) is 3.55. The van der Waals surface area contributed by atoms with Crippen LogP contribution in [0.2, 0.25) is 0 Å². The zero-order chi connectivity index (χ0) is 12.3. The van der Waals surface area contributed by atoms with Crippen molar-refractivity contribution in [2.24, 2.45) is 0 Å². The molecule has 0 spiro atoms. The number of nitrogens with one attached hydrogen (secondary N) is 1. The molecule has 0 aromatic carbocycles.